The van der Waals surface area contributed by atoms with E-state index in [0.717, 1.165) is 31.2 Å². The number of nitrogens with zero attached hydrogens (tertiary/aromatic N) is 2. The quantitative estimate of drug-likeness (QED) is 0.841. The number of methoxy groups -OCH3 is 1. The van der Waals surface area contributed by atoms with Crippen molar-refractivity contribution in [3.8, 4) is 5.75 Å². The molecule has 0 bridgehead atoms. The summed E-state index contributed by atoms with van der Waals surface area (Å²) in [7, 11) is 1.52. The van der Waals surface area contributed by atoms with Gasteiger partial charge in [-0.2, -0.15) is 0 Å². The van der Waals surface area contributed by atoms with Crippen molar-refractivity contribution in [1.29, 1.82) is 0 Å². The van der Waals surface area contributed by atoms with E-state index in [9.17, 15) is 4.79 Å². The summed E-state index contributed by atoms with van der Waals surface area (Å²) < 4.78 is 5.23. The van der Waals surface area contributed by atoms with Crippen molar-refractivity contribution in [1.82, 2.24) is 9.88 Å². The third-order valence-corrected chi connectivity index (χ3v) is 5.35. The average molecular weight is 380 g/mol. The Morgan fingerprint density at radius 3 is 3.12 bits per heavy atom. The van der Waals surface area contributed by atoms with Crippen molar-refractivity contribution in [3.63, 3.8) is 0 Å². The van der Waals surface area contributed by atoms with Crippen LogP contribution in [0.1, 0.15) is 35.8 Å². The van der Waals surface area contributed by atoms with Gasteiger partial charge in [0.15, 0.2) is 5.13 Å². The maximum Gasteiger partial charge on any atom is 0.261 e. The zero-order valence-corrected chi connectivity index (χ0v) is 16.0. The van der Waals surface area contributed by atoms with Crippen LogP contribution in [-0.2, 0) is 6.54 Å². The number of aromatic nitrogens is 1. The highest BCUT2D eigenvalue weighted by Crippen LogP contribution is 2.25. The van der Waals surface area contributed by atoms with Crippen LogP contribution in [0, 0.1) is 5.92 Å². The van der Waals surface area contributed by atoms with Crippen molar-refractivity contribution < 1.29 is 9.53 Å². The lowest BCUT2D eigenvalue weighted by Gasteiger charge is -2.30. The largest absolute Gasteiger partial charge is 0.496 e. The molecule has 1 unspecified atom stereocenters. The molecule has 1 fully saturated rings. The predicted octanol–water partition coefficient (Wildman–Crippen LogP) is 4.29. The molecule has 0 spiro atoms. The van der Waals surface area contributed by atoms with Crippen molar-refractivity contribution in [2.24, 2.45) is 5.92 Å². The smallest absolute Gasteiger partial charge is 0.261 e. The third kappa shape index (κ3) is 4.71. The zero-order valence-electron chi connectivity index (χ0n) is 14.4. The number of amides is 1. The molecule has 1 saturated heterocycles. The van der Waals surface area contributed by atoms with Gasteiger partial charge in [0.05, 0.1) is 18.4 Å². The van der Waals surface area contributed by atoms with Crippen molar-refractivity contribution >= 4 is 34.0 Å². The molecule has 1 aromatic carbocycles. The first-order valence-corrected chi connectivity index (χ1v) is 9.62. The summed E-state index contributed by atoms with van der Waals surface area (Å²) in [6.07, 6.45) is 2.54. The van der Waals surface area contributed by atoms with Crippen LogP contribution in [0.4, 0.5) is 5.13 Å². The molecule has 1 aliphatic heterocycles. The van der Waals surface area contributed by atoms with Crippen LogP contribution >= 0.6 is 22.9 Å². The monoisotopic (exact) mass is 379 g/mol. The summed E-state index contributed by atoms with van der Waals surface area (Å²) in [4.78, 5) is 19.4. The second-order valence-corrected chi connectivity index (χ2v) is 7.72. The van der Waals surface area contributed by atoms with Gasteiger partial charge in [-0.05, 0) is 43.5 Å². The number of rotatable bonds is 5. The Kier molecular flexibility index (Phi) is 5.93. The Balaban J connectivity index is 1.64. The van der Waals surface area contributed by atoms with Gasteiger partial charge < -0.3 is 4.74 Å². The van der Waals surface area contributed by atoms with Gasteiger partial charge in [0.25, 0.3) is 5.91 Å². The molecule has 1 aliphatic rings. The van der Waals surface area contributed by atoms with Crippen molar-refractivity contribution in [3.05, 3.63) is 39.9 Å². The average Bonchev–Trinajstić information content (AvgIpc) is 3.01. The summed E-state index contributed by atoms with van der Waals surface area (Å²) in [6.45, 7) is 5.35. The number of benzene rings is 1. The Hall–Kier alpha value is -1.63. The second kappa shape index (κ2) is 8.17. The van der Waals surface area contributed by atoms with E-state index in [1.54, 1.807) is 18.2 Å². The summed E-state index contributed by atoms with van der Waals surface area (Å²) in [5.41, 5.74) is 1.44. The molecule has 134 valence electrons. The first kappa shape index (κ1) is 18.2. The first-order valence-electron chi connectivity index (χ1n) is 8.37. The maximum absolute atomic E-state index is 12.5. The molecular formula is C18H22ClN3O2S. The predicted molar refractivity (Wildman–Crippen MR) is 102 cm³/mol. The van der Waals surface area contributed by atoms with E-state index in [1.807, 2.05) is 5.38 Å². The minimum atomic E-state index is -0.249. The highest BCUT2D eigenvalue weighted by atomic mass is 35.5. The molecule has 25 heavy (non-hydrogen) atoms. The van der Waals surface area contributed by atoms with E-state index in [1.165, 1.54) is 31.3 Å². The van der Waals surface area contributed by atoms with Gasteiger partial charge in [-0.3, -0.25) is 15.0 Å². The lowest BCUT2D eigenvalue weighted by molar-refractivity contribution is 0.102. The van der Waals surface area contributed by atoms with Gasteiger partial charge in [0.2, 0.25) is 0 Å². The van der Waals surface area contributed by atoms with Crippen LogP contribution in [-0.4, -0.2) is 36.0 Å². The zero-order chi connectivity index (χ0) is 17.8. The number of carbonyl (C=O) groups excluding carboxylic acids is 1. The number of halogens is 1. The van der Waals surface area contributed by atoms with Crippen molar-refractivity contribution in [2.75, 3.05) is 25.5 Å². The fourth-order valence-corrected chi connectivity index (χ4v) is 3.97. The van der Waals surface area contributed by atoms with Gasteiger partial charge in [-0.25, -0.2) is 4.98 Å². The van der Waals surface area contributed by atoms with Gasteiger partial charge in [-0.15, -0.1) is 11.3 Å². The van der Waals surface area contributed by atoms with E-state index >= 15 is 0 Å². The van der Waals surface area contributed by atoms with Gasteiger partial charge in [0.1, 0.15) is 5.75 Å². The number of ether oxygens (including phenoxy) is 1. The lowest BCUT2D eigenvalue weighted by atomic mass is 10.0. The molecule has 2 aromatic rings. The Morgan fingerprint density at radius 2 is 2.36 bits per heavy atom. The minimum absolute atomic E-state index is 0.249. The normalized spacial score (nSPS) is 18.1. The molecule has 1 amide bonds. The molecule has 1 N–H and O–H groups in total. The first-order chi connectivity index (χ1) is 12.0. The number of likely N-dealkylation sites (tertiary alicyclic amines) is 1. The van der Waals surface area contributed by atoms with Crippen LogP contribution < -0.4 is 10.1 Å². The Bertz CT molecular complexity index is 750. The minimum Gasteiger partial charge on any atom is -0.496 e. The molecule has 1 aromatic heterocycles. The van der Waals surface area contributed by atoms with E-state index in [4.69, 9.17) is 16.3 Å². The standard InChI is InChI=1S/C18H22ClN3O2S/c1-12-4-3-7-22(9-12)10-14-11-25-18(20-14)21-17(23)15-6-5-13(19)8-16(15)24-2/h5-6,8,11-12H,3-4,7,9-10H2,1-2H3,(H,20,21,23). The molecule has 1 atom stereocenters. The summed E-state index contributed by atoms with van der Waals surface area (Å²) in [5, 5.41) is 5.98. The third-order valence-electron chi connectivity index (χ3n) is 4.31. The Labute approximate surface area is 157 Å². The molecule has 3 rings (SSSR count). The SMILES string of the molecule is COc1cc(Cl)ccc1C(=O)Nc1nc(CN2CCCC(C)C2)cs1. The molecule has 2 heterocycles. The molecule has 0 aliphatic carbocycles. The molecule has 0 saturated carbocycles. The van der Waals surface area contributed by atoms with Crippen molar-refractivity contribution in [2.45, 2.75) is 26.3 Å². The van der Waals surface area contributed by atoms with E-state index in [2.05, 4.69) is 22.1 Å². The number of nitrogens with one attached hydrogen (secondary N) is 1. The number of hydrogen-bond donors (Lipinski definition) is 1. The molecule has 7 heteroatoms. The van der Waals surface area contributed by atoms with Gasteiger partial charge in [0, 0.05) is 23.5 Å². The van der Waals surface area contributed by atoms with E-state index in [0.29, 0.717) is 21.5 Å². The van der Waals surface area contributed by atoms with Crippen LogP contribution in [0.5, 0.6) is 5.75 Å². The number of carbonyl (C=O) groups is 1. The van der Waals surface area contributed by atoms with Crippen LogP contribution in [0.25, 0.3) is 0 Å². The summed E-state index contributed by atoms with van der Waals surface area (Å²) in [6, 6.07) is 4.95. The maximum atomic E-state index is 12.5. The highest BCUT2D eigenvalue weighted by molar-refractivity contribution is 7.14. The Morgan fingerprint density at radius 1 is 1.52 bits per heavy atom. The molecular weight excluding hydrogens is 358 g/mol. The number of piperidine rings is 1. The van der Waals surface area contributed by atoms with Gasteiger partial charge >= 0.3 is 0 Å². The van der Waals surface area contributed by atoms with Crippen LogP contribution in [0.3, 0.4) is 0 Å². The molecule has 0 radical (unpaired) electrons. The number of hydrogen-bond acceptors (Lipinski definition) is 5. The highest BCUT2D eigenvalue weighted by Gasteiger charge is 2.18. The number of thiazole rings is 1. The van der Waals surface area contributed by atoms with E-state index in [-0.39, 0.29) is 5.91 Å². The summed E-state index contributed by atoms with van der Waals surface area (Å²) in [5.74, 6) is 0.939. The second-order valence-electron chi connectivity index (χ2n) is 6.43. The molecule has 5 nitrogen and oxygen atoms in total. The topological polar surface area (TPSA) is 54.5 Å². The van der Waals surface area contributed by atoms with Gasteiger partial charge in [-0.1, -0.05) is 18.5 Å². The van der Waals surface area contributed by atoms with Crippen LogP contribution in [0.15, 0.2) is 23.6 Å². The van der Waals surface area contributed by atoms with Crippen LogP contribution in [0.2, 0.25) is 5.02 Å². The fourth-order valence-electron chi connectivity index (χ4n) is 3.11. The lowest BCUT2D eigenvalue weighted by Crippen LogP contribution is -2.33. The van der Waals surface area contributed by atoms with E-state index < -0.39 is 0 Å². The summed E-state index contributed by atoms with van der Waals surface area (Å²) >= 11 is 7.38. The fraction of sp³-hybridized carbons (Fsp3) is 0.444. The number of anilines is 1.